The molecule has 2 aliphatic rings. The van der Waals surface area contributed by atoms with Crippen molar-refractivity contribution < 1.29 is 9.53 Å². The minimum Gasteiger partial charge on any atom is -0.372 e. The number of carbonyl (C=O) groups is 1. The molecule has 0 spiro atoms. The number of carbonyl (C=O) groups excluding carboxylic acids is 1. The average Bonchev–Trinajstić information content (AvgIpc) is 2.61. The lowest BCUT2D eigenvalue weighted by Crippen LogP contribution is -2.45. The van der Waals surface area contributed by atoms with E-state index in [9.17, 15) is 4.79 Å². The number of urea groups is 1. The highest BCUT2D eigenvalue weighted by Crippen LogP contribution is 2.24. The summed E-state index contributed by atoms with van der Waals surface area (Å²) in [6.45, 7) is 6.73. The number of rotatable bonds is 4. The molecular formula is C18H27N3O2S2. The Morgan fingerprint density at radius 1 is 1.20 bits per heavy atom. The molecule has 138 valence electrons. The third-order valence-electron chi connectivity index (χ3n) is 4.29. The van der Waals surface area contributed by atoms with Crippen molar-refractivity contribution >= 4 is 40.9 Å². The van der Waals surface area contributed by atoms with Crippen LogP contribution < -0.4 is 15.5 Å². The highest BCUT2D eigenvalue weighted by atomic mass is 32.2. The molecule has 25 heavy (non-hydrogen) atoms. The number of anilines is 2. The van der Waals surface area contributed by atoms with Crippen molar-refractivity contribution in [3.05, 3.63) is 24.3 Å². The van der Waals surface area contributed by atoms with Crippen molar-refractivity contribution in [2.75, 3.05) is 47.1 Å². The van der Waals surface area contributed by atoms with E-state index < -0.39 is 0 Å². The number of benzene rings is 1. The smallest absolute Gasteiger partial charge is 0.319 e. The van der Waals surface area contributed by atoms with Gasteiger partial charge in [-0.25, -0.2) is 4.79 Å². The maximum Gasteiger partial charge on any atom is 0.319 e. The van der Waals surface area contributed by atoms with Gasteiger partial charge in [0, 0.05) is 53.5 Å². The summed E-state index contributed by atoms with van der Waals surface area (Å²) in [6, 6.07) is 7.93. The standard InChI is InChI=1S/C18H27N3O2S2/c1-13-10-21(11-14(2)23-13)16-5-3-15(4-6-16)20-18(22)19-9-17-12-24-7-8-25-17/h3-6,13-14,17H,7-12H2,1-2H3,(H2,19,20,22)/t13-,14+,17-/m1/s1. The molecule has 3 rings (SSSR count). The Labute approximate surface area is 158 Å². The summed E-state index contributed by atoms with van der Waals surface area (Å²) in [4.78, 5) is 14.4. The predicted molar refractivity (Wildman–Crippen MR) is 109 cm³/mol. The molecule has 2 heterocycles. The minimum atomic E-state index is -0.127. The van der Waals surface area contributed by atoms with Crippen LogP contribution in [0.15, 0.2) is 24.3 Å². The Morgan fingerprint density at radius 2 is 1.92 bits per heavy atom. The maximum atomic E-state index is 12.1. The van der Waals surface area contributed by atoms with Crippen LogP contribution in [-0.2, 0) is 4.74 Å². The summed E-state index contributed by atoms with van der Waals surface area (Å²) in [7, 11) is 0. The zero-order chi connectivity index (χ0) is 17.6. The van der Waals surface area contributed by atoms with Crippen molar-refractivity contribution in [1.29, 1.82) is 0 Å². The molecule has 1 aromatic carbocycles. The molecule has 1 aromatic rings. The van der Waals surface area contributed by atoms with Gasteiger partial charge < -0.3 is 20.3 Å². The van der Waals surface area contributed by atoms with Crippen molar-refractivity contribution in [2.45, 2.75) is 31.3 Å². The van der Waals surface area contributed by atoms with Gasteiger partial charge >= 0.3 is 6.03 Å². The maximum absolute atomic E-state index is 12.1. The minimum absolute atomic E-state index is 0.127. The molecule has 0 radical (unpaired) electrons. The van der Waals surface area contributed by atoms with Gasteiger partial charge in [0.05, 0.1) is 12.2 Å². The Morgan fingerprint density at radius 3 is 2.56 bits per heavy atom. The quantitative estimate of drug-likeness (QED) is 0.838. The third-order valence-corrected chi connectivity index (χ3v) is 7.13. The van der Waals surface area contributed by atoms with Crippen LogP contribution in [0.1, 0.15) is 13.8 Å². The molecule has 3 atom stereocenters. The van der Waals surface area contributed by atoms with Crippen LogP contribution in [0.5, 0.6) is 0 Å². The first-order valence-electron chi connectivity index (χ1n) is 8.85. The number of thioether (sulfide) groups is 2. The summed E-state index contributed by atoms with van der Waals surface area (Å²) in [5, 5.41) is 6.42. The lowest BCUT2D eigenvalue weighted by molar-refractivity contribution is -0.00521. The van der Waals surface area contributed by atoms with E-state index in [2.05, 4.69) is 41.5 Å². The molecule has 0 unspecified atom stereocenters. The van der Waals surface area contributed by atoms with Crippen molar-refractivity contribution in [1.82, 2.24) is 5.32 Å². The molecule has 2 N–H and O–H groups in total. The van der Waals surface area contributed by atoms with Crippen molar-refractivity contribution in [3.63, 3.8) is 0 Å². The first-order chi connectivity index (χ1) is 12.1. The largest absolute Gasteiger partial charge is 0.372 e. The highest BCUT2D eigenvalue weighted by molar-refractivity contribution is 8.06. The fraction of sp³-hybridized carbons (Fsp3) is 0.611. The molecule has 2 aliphatic heterocycles. The van der Waals surface area contributed by atoms with Crippen LogP contribution in [0.4, 0.5) is 16.2 Å². The molecule has 5 nitrogen and oxygen atoms in total. The Balaban J connectivity index is 1.47. The summed E-state index contributed by atoms with van der Waals surface area (Å²) in [5.74, 6) is 3.52. The van der Waals surface area contributed by atoms with E-state index in [4.69, 9.17) is 4.74 Å². The molecule has 0 aliphatic carbocycles. The van der Waals surface area contributed by atoms with Gasteiger partial charge in [-0.15, -0.1) is 0 Å². The van der Waals surface area contributed by atoms with Crippen LogP contribution >= 0.6 is 23.5 Å². The number of hydrogen-bond donors (Lipinski definition) is 2. The van der Waals surface area contributed by atoms with E-state index in [0.717, 1.165) is 31.1 Å². The van der Waals surface area contributed by atoms with Gasteiger partial charge in [-0.2, -0.15) is 23.5 Å². The molecule has 7 heteroatoms. The van der Waals surface area contributed by atoms with E-state index in [-0.39, 0.29) is 18.2 Å². The van der Waals surface area contributed by atoms with Gasteiger partial charge in [0.1, 0.15) is 0 Å². The summed E-state index contributed by atoms with van der Waals surface area (Å²) >= 11 is 3.92. The molecule has 0 bridgehead atoms. The number of nitrogens with one attached hydrogen (secondary N) is 2. The third kappa shape index (κ3) is 5.72. The van der Waals surface area contributed by atoms with Crippen LogP contribution in [0.2, 0.25) is 0 Å². The summed E-state index contributed by atoms with van der Waals surface area (Å²) < 4.78 is 5.78. The van der Waals surface area contributed by atoms with Gasteiger partial charge in [0.15, 0.2) is 0 Å². The Kier molecular flexibility index (Phi) is 6.78. The second-order valence-electron chi connectivity index (χ2n) is 6.61. The van der Waals surface area contributed by atoms with Gasteiger partial charge in [0.2, 0.25) is 0 Å². The zero-order valence-electron chi connectivity index (χ0n) is 14.9. The molecule has 0 saturated carbocycles. The van der Waals surface area contributed by atoms with Crippen LogP contribution in [-0.4, -0.2) is 60.4 Å². The molecule has 2 saturated heterocycles. The number of ether oxygens (including phenoxy) is 1. The fourth-order valence-corrected chi connectivity index (χ4v) is 5.79. The number of morpholine rings is 1. The highest BCUT2D eigenvalue weighted by Gasteiger charge is 2.22. The SMILES string of the molecule is C[C@@H]1CN(c2ccc(NC(=O)NC[C@@H]3CSCCS3)cc2)C[C@H](C)O1. The lowest BCUT2D eigenvalue weighted by atomic mass is 10.2. The summed E-state index contributed by atoms with van der Waals surface area (Å²) in [6.07, 6.45) is 0.478. The number of amides is 2. The van der Waals surface area contributed by atoms with E-state index in [1.807, 2.05) is 35.7 Å². The van der Waals surface area contributed by atoms with Gasteiger partial charge in [-0.05, 0) is 38.1 Å². The van der Waals surface area contributed by atoms with Crippen LogP contribution in [0.3, 0.4) is 0 Å². The van der Waals surface area contributed by atoms with Gasteiger partial charge in [0.25, 0.3) is 0 Å². The first kappa shape index (κ1) is 18.7. The van der Waals surface area contributed by atoms with Crippen LogP contribution in [0.25, 0.3) is 0 Å². The normalized spacial score (nSPS) is 27.0. The number of hydrogen-bond acceptors (Lipinski definition) is 5. The van der Waals surface area contributed by atoms with E-state index in [1.165, 1.54) is 17.2 Å². The van der Waals surface area contributed by atoms with E-state index in [0.29, 0.717) is 5.25 Å². The van der Waals surface area contributed by atoms with Gasteiger partial charge in [-0.1, -0.05) is 0 Å². The monoisotopic (exact) mass is 381 g/mol. The zero-order valence-corrected chi connectivity index (χ0v) is 16.5. The summed E-state index contributed by atoms with van der Waals surface area (Å²) in [5.41, 5.74) is 1.99. The topological polar surface area (TPSA) is 53.6 Å². The molecule has 2 amide bonds. The van der Waals surface area contributed by atoms with Crippen molar-refractivity contribution in [3.8, 4) is 0 Å². The van der Waals surface area contributed by atoms with E-state index >= 15 is 0 Å². The molecule has 0 aromatic heterocycles. The second-order valence-corrected chi connectivity index (χ2v) is 9.17. The van der Waals surface area contributed by atoms with Gasteiger partial charge in [-0.3, -0.25) is 0 Å². The first-order valence-corrected chi connectivity index (χ1v) is 11.0. The van der Waals surface area contributed by atoms with E-state index in [1.54, 1.807) is 0 Å². The second kappa shape index (κ2) is 9.05. The Hall–Kier alpha value is -1.05. The predicted octanol–water partition coefficient (Wildman–Crippen LogP) is 3.27. The average molecular weight is 382 g/mol. The molecular weight excluding hydrogens is 354 g/mol. The number of nitrogens with zero attached hydrogens (tertiary/aromatic N) is 1. The fourth-order valence-electron chi connectivity index (χ4n) is 3.18. The Bertz CT molecular complexity index is 554. The molecule has 2 fully saturated rings. The van der Waals surface area contributed by atoms with Crippen molar-refractivity contribution in [2.24, 2.45) is 0 Å². The van der Waals surface area contributed by atoms with Crippen LogP contribution in [0, 0.1) is 0 Å². The lowest BCUT2D eigenvalue weighted by Gasteiger charge is -2.36.